The van der Waals surface area contributed by atoms with Crippen molar-refractivity contribution in [1.29, 1.82) is 0 Å². The number of carbonyl (C=O) groups excluding carboxylic acids is 1. The SMILES string of the molecule is CN(C)S(=O)(=O)c1ccc(C(=O)NCC(O)C2CC2)o1. The van der Waals surface area contributed by atoms with Crippen LogP contribution in [0.3, 0.4) is 0 Å². The van der Waals surface area contributed by atoms with E-state index in [1.165, 1.54) is 26.2 Å². The van der Waals surface area contributed by atoms with Gasteiger partial charge in [-0.3, -0.25) is 4.79 Å². The lowest BCUT2D eigenvalue weighted by atomic mass is 10.2. The van der Waals surface area contributed by atoms with E-state index in [1.807, 2.05) is 0 Å². The molecule has 0 aromatic carbocycles. The highest BCUT2D eigenvalue weighted by Gasteiger charge is 2.30. The maximum absolute atomic E-state index is 11.8. The summed E-state index contributed by atoms with van der Waals surface area (Å²) in [4.78, 5) is 11.8. The van der Waals surface area contributed by atoms with Crippen molar-refractivity contribution in [1.82, 2.24) is 9.62 Å². The van der Waals surface area contributed by atoms with Crippen LogP contribution in [0.4, 0.5) is 0 Å². The van der Waals surface area contributed by atoms with Crippen molar-refractivity contribution in [2.75, 3.05) is 20.6 Å². The van der Waals surface area contributed by atoms with Crippen molar-refractivity contribution in [3.8, 4) is 0 Å². The molecule has 1 aromatic heterocycles. The summed E-state index contributed by atoms with van der Waals surface area (Å²) in [5.74, 6) is -0.366. The molecular formula is C12H18N2O5S. The molecule has 1 fully saturated rings. The predicted octanol–water partition coefficient (Wildman–Crippen LogP) is 0.0306. The van der Waals surface area contributed by atoms with E-state index in [-0.39, 0.29) is 23.3 Å². The van der Waals surface area contributed by atoms with Gasteiger partial charge in [0, 0.05) is 20.6 Å². The molecule has 2 rings (SSSR count). The van der Waals surface area contributed by atoms with Gasteiger partial charge in [0.25, 0.3) is 15.9 Å². The fraction of sp³-hybridized carbons (Fsp3) is 0.583. The number of rotatable bonds is 6. The van der Waals surface area contributed by atoms with Crippen LogP contribution in [0.15, 0.2) is 21.6 Å². The minimum Gasteiger partial charge on any atom is -0.438 e. The van der Waals surface area contributed by atoms with Crippen LogP contribution in [0.2, 0.25) is 0 Å². The molecular weight excluding hydrogens is 284 g/mol. The molecule has 1 atom stereocenters. The Morgan fingerprint density at radius 1 is 1.50 bits per heavy atom. The summed E-state index contributed by atoms with van der Waals surface area (Å²) in [6.45, 7) is 0.139. The summed E-state index contributed by atoms with van der Waals surface area (Å²) in [5, 5.41) is 11.9. The number of nitrogens with one attached hydrogen (secondary N) is 1. The van der Waals surface area contributed by atoms with Crippen LogP contribution in [-0.2, 0) is 10.0 Å². The average Bonchev–Trinajstić information content (AvgIpc) is 3.11. The molecule has 0 aliphatic heterocycles. The molecule has 1 heterocycles. The quantitative estimate of drug-likeness (QED) is 0.772. The number of sulfonamides is 1. The number of amides is 1. The van der Waals surface area contributed by atoms with E-state index in [1.54, 1.807) is 0 Å². The zero-order valence-electron chi connectivity index (χ0n) is 11.4. The van der Waals surface area contributed by atoms with Crippen molar-refractivity contribution in [2.45, 2.75) is 24.0 Å². The first-order chi connectivity index (χ1) is 9.32. The monoisotopic (exact) mass is 302 g/mol. The Bertz CT molecular complexity index is 589. The summed E-state index contributed by atoms with van der Waals surface area (Å²) in [6, 6.07) is 2.54. The van der Waals surface area contributed by atoms with Gasteiger partial charge < -0.3 is 14.8 Å². The lowest BCUT2D eigenvalue weighted by molar-refractivity contribution is 0.0869. The number of aliphatic hydroxyl groups is 1. The third-order valence-corrected chi connectivity index (χ3v) is 4.87. The van der Waals surface area contributed by atoms with Crippen molar-refractivity contribution < 1.29 is 22.7 Å². The Morgan fingerprint density at radius 3 is 2.70 bits per heavy atom. The molecule has 0 saturated heterocycles. The van der Waals surface area contributed by atoms with Crippen LogP contribution in [0.5, 0.6) is 0 Å². The maximum Gasteiger partial charge on any atom is 0.287 e. The Balaban J connectivity index is 1.99. The largest absolute Gasteiger partial charge is 0.438 e. The van der Waals surface area contributed by atoms with E-state index >= 15 is 0 Å². The maximum atomic E-state index is 11.8. The van der Waals surface area contributed by atoms with E-state index in [0.717, 1.165) is 17.1 Å². The molecule has 0 radical (unpaired) electrons. The van der Waals surface area contributed by atoms with Gasteiger partial charge in [0.2, 0.25) is 5.09 Å². The molecule has 1 saturated carbocycles. The number of carbonyl (C=O) groups is 1. The van der Waals surface area contributed by atoms with Gasteiger partial charge in [-0.25, -0.2) is 12.7 Å². The molecule has 2 N–H and O–H groups in total. The van der Waals surface area contributed by atoms with Crippen molar-refractivity contribution in [3.05, 3.63) is 17.9 Å². The molecule has 112 valence electrons. The zero-order chi connectivity index (χ0) is 14.9. The van der Waals surface area contributed by atoms with E-state index in [2.05, 4.69) is 5.32 Å². The van der Waals surface area contributed by atoms with Gasteiger partial charge >= 0.3 is 0 Å². The van der Waals surface area contributed by atoms with Gasteiger partial charge in [-0.05, 0) is 30.9 Å². The normalized spacial score (nSPS) is 17.2. The Hall–Kier alpha value is -1.38. The fourth-order valence-corrected chi connectivity index (χ4v) is 2.49. The summed E-state index contributed by atoms with van der Waals surface area (Å²) in [5.41, 5.74) is 0. The van der Waals surface area contributed by atoms with Gasteiger partial charge in [-0.15, -0.1) is 0 Å². The molecule has 1 unspecified atom stereocenters. The fourth-order valence-electron chi connectivity index (χ4n) is 1.69. The van der Waals surface area contributed by atoms with E-state index in [4.69, 9.17) is 4.42 Å². The Labute approximate surface area is 117 Å². The zero-order valence-corrected chi connectivity index (χ0v) is 12.2. The number of nitrogens with zero attached hydrogens (tertiary/aromatic N) is 1. The summed E-state index contributed by atoms with van der Waals surface area (Å²) >= 11 is 0. The average molecular weight is 302 g/mol. The highest BCUT2D eigenvalue weighted by atomic mass is 32.2. The van der Waals surface area contributed by atoms with Crippen LogP contribution < -0.4 is 5.32 Å². The summed E-state index contributed by atoms with van der Waals surface area (Å²) in [6.07, 6.45) is 1.39. The minimum absolute atomic E-state index is 0.0894. The second kappa shape index (κ2) is 5.55. The molecule has 1 aliphatic carbocycles. The van der Waals surface area contributed by atoms with Crippen LogP contribution in [0.25, 0.3) is 0 Å². The number of furan rings is 1. The number of aliphatic hydroxyl groups excluding tert-OH is 1. The standard InChI is InChI=1S/C12H18N2O5S/c1-14(2)20(17,18)11-6-5-10(19-11)12(16)13-7-9(15)8-3-4-8/h5-6,8-9,15H,3-4,7H2,1-2H3,(H,13,16). The van der Waals surface area contributed by atoms with Crippen molar-refractivity contribution in [3.63, 3.8) is 0 Å². The first kappa shape index (κ1) is 15.0. The number of hydrogen-bond acceptors (Lipinski definition) is 5. The predicted molar refractivity (Wildman–Crippen MR) is 70.6 cm³/mol. The van der Waals surface area contributed by atoms with Crippen molar-refractivity contribution >= 4 is 15.9 Å². The molecule has 8 heteroatoms. The van der Waals surface area contributed by atoms with Crippen LogP contribution in [0, 0.1) is 5.92 Å². The Kier molecular flexibility index (Phi) is 4.17. The second-order valence-electron chi connectivity index (χ2n) is 5.02. The smallest absolute Gasteiger partial charge is 0.287 e. The van der Waals surface area contributed by atoms with Gasteiger partial charge in [0.15, 0.2) is 5.76 Å². The lowest BCUT2D eigenvalue weighted by Crippen LogP contribution is -2.32. The van der Waals surface area contributed by atoms with Crippen molar-refractivity contribution in [2.24, 2.45) is 5.92 Å². The second-order valence-corrected chi connectivity index (χ2v) is 7.10. The van der Waals surface area contributed by atoms with Crippen LogP contribution in [0.1, 0.15) is 23.4 Å². The number of hydrogen-bond donors (Lipinski definition) is 2. The molecule has 0 spiro atoms. The first-order valence-electron chi connectivity index (χ1n) is 6.31. The molecule has 1 aliphatic rings. The first-order valence-corrected chi connectivity index (χ1v) is 7.75. The third kappa shape index (κ3) is 3.20. The van der Waals surface area contributed by atoms with Crippen LogP contribution in [-0.4, -0.2) is 50.5 Å². The highest BCUT2D eigenvalue weighted by molar-refractivity contribution is 7.88. The molecule has 7 nitrogen and oxygen atoms in total. The van der Waals surface area contributed by atoms with Crippen LogP contribution >= 0.6 is 0 Å². The highest BCUT2D eigenvalue weighted by Crippen LogP contribution is 2.32. The molecule has 20 heavy (non-hydrogen) atoms. The summed E-state index contributed by atoms with van der Waals surface area (Å²) in [7, 11) is -0.930. The van der Waals surface area contributed by atoms with E-state index in [9.17, 15) is 18.3 Å². The van der Waals surface area contributed by atoms with Gasteiger partial charge in [0.1, 0.15) is 0 Å². The molecule has 0 bridgehead atoms. The topological polar surface area (TPSA) is 99.9 Å². The van der Waals surface area contributed by atoms with Gasteiger partial charge in [-0.1, -0.05) is 0 Å². The molecule has 1 aromatic rings. The lowest BCUT2D eigenvalue weighted by Gasteiger charge is -2.09. The van der Waals surface area contributed by atoms with E-state index < -0.39 is 22.0 Å². The summed E-state index contributed by atoms with van der Waals surface area (Å²) < 4.78 is 29.6. The van der Waals surface area contributed by atoms with Gasteiger partial charge in [0.05, 0.1) is 6.10 Å². The third-order valence-electron chi connectivity index (χ3n) is 3.18. The minimum atomic E-state index is -3.69. The van der Waals surface area contributed by atoms with E-state index in [0.29, 0.717) is 0 Å². The Morgan fingerprint density at radius 2 is 2.15 bits per heavy atom. The molecule has 1 amide bonds. The van der Waals surface area contributed by atoms with Gasteiger partial charge in [-0.2, -0.15) is 0 Å².